The van der Waals surface area contributed by atoms with Crippen molar-refractivity contribution in [3.63, 3.8) is 0 Å². The molecule has 174 valence electrons. The number of cyclic esters (lactones) is 1. The van der Waals surface area contributed by atoms with Crippen LogP contribution in [-0.2, 0) is 16.9 Å². The molecule has 1 heterocycles. The van der Waals surface area contributed by atoms with E-state index >= 15 is 0 Å². The summed E-state index contributed by atoms with van der Waals surface area (Å²) < 4.78 is 64.3. The summed E-state index contributed by atoms with van der Waals surface area (Å²) in [5.41, 5.74) is -0.692. The predicted molar refractivity (Wildman–Crippen MR) is 113 cm³/mol. The Kier molecular flexibility index (Phi) is 6.91. The van der Waals surface area contributed by atoms with Crippen LogP contribution in [0.4, 0.5) is 33.7 Å². The minimum absolute atomic E-state index is 0.406. The highest BCUT2D eigenvalue weighted by atomic mass is 32.2. The molecule has 32 heavy (non-hydrogen) atoms. The Morgan fingerprint density at radius 3 is 2.38 bits per heavy atom. The van der Waals surface area contributed by atoms with Gasteiger partial charge in [0.2, 0.25) is 0 Å². The lowest BCUT2D eigenvalue weighted by molar-refractivity contribution is 0.00726. The van der Waals surface area contributed by atoms with Crippen LogP contribution in [0.1, 0.15) is 43.9 Å². The van der Waals surface area contributed by atoms with E-state index in [0.717, 1.165) is 18.9 Å². The van der Waals surface area contributed by atoms with Gasteiger partial charge in [0, 0.05) is 28.9 Å². The number of carbonyl (C=O) groups excluding carboxylic acids is 1. The van der Waals surface area contributed by atoms with Gasteiger partial charge in [-0.2, -0.15) is 0 Å². The lowest BCUT2D eigenvalue weighted by Crippen LogP contribution is -2.43. The molecular formula is C21H23F4N3O3S. The quantitative estimate of drug-likeness (QED) is 0.222. The SMILES string of the molecule is CCCN1C(=O)OC(C)(C)c2cc(NSN(O)Cc3c(F)c(F)c(C)c(F)c3F)ccc21. The third-order valence-electron chi connectivity index (χ3n) is 5.08. The van der Waals surface area contributed by atoms with E-state index in [1.807, 2.05) is 6.92 Å². The van der Waals surface area contributed by atoms with Gasteiger partial charge in [-0.3, -0.25) is 4.90 Å². The molecule has 0 saturated heterocycles. The second-order valence-electron chi connectivity index (χ2n) is 7.82. The third kappa shape index (κ3) is 4.50. The van der Waals surface area contributed by atoms with Gasteiger partial charge in [-0.1, -0.05) is 6.92 Å². The normalized spacial score (nSPS) is 15.1. The zero-order valence-corrected chi connectivity index (χ0v) is 18.7. The Balaban J connectivity index is 1.77. The largest absolute Gasteiger partial charge is 0.438 e. The molecule has 0 spiro atoms. The van der Waals surface area contributed by atoms with Crippen LogP contribution in [0.15, 0.2) is 18.2 Å². The molecule has 0 saturated carbocycles. The summed E-state index contributed by atoms with van der Waals surface area (Å²) in [6.07, 6.45) is 0.292. The minimum Gasteiger partial charge on any atom is -0.438 e. The first kappa shape index (κ1) is 24.1. The molecule has 0 atom stereocenters. The monoisotopic (exact) mass is 473 g/mol. The van der Waals surface area contributed by atoms with Gasteiger partial charge >= 0.3 is 6.09 Å². The number of amides is 1. The fourth-order valence-corrected chi connectivity index (χ4v) is 3.91. The van der Waals surface area contributed by atoms with Crippen LogP contribution >= 0.6 is 12.1 Å². The Bertz CT molecular complexity index is 1020. The average Bonchev–Trinajstić information content (AvgIpc) is 2.75. The zero-order valence-electron chi connectivity index (χ0n) is 17.9. The molecule has 1 amide bonds. The summed E-state index contributed by atoms with van der Waals surface area (Å²) in [6.45, 7) is 6.01. The van der Waals surface area contributed by atoms with E-state index in [9.17, 15) is 27.6 Å². The summed E-state index contributed by atoms with van der Waals surface area (Å²) in [5.74, 6) is -6.13. The lowest BCUT2D eigenvalue weighted by atomic mass is 9.93. The summed E-state index contributed by atoms with van der Waals surface area (Å²) in [7, 11) is 0. The van der Waals surface area contributed by atoms with Crippen molar-refractivity contribution in [2.45, 2.75) is 46.3 Å². The maximum Gasteiger partial charge on any atom is 0.415 e. The Morgan fingerprint density at radius 2 is 1.78 bits per heavy atom. The summed E-state index contributed by atoms with van der Waals surface area (Å²) in [5, 5.41) is 10.0. The van der Waals surface area contributed by atoms with E-state index in [4.69, 9.17) is 4.74 Å². The number of hydroxylamine groups is 1. The van der Waals surface area contributed by atoms with Gasteiger partial charge < -0.3 is 14.7 Å². The van der Waals surface area contributed by atoms with Crippen molar-refractivity contribution in [3.8, 4) is 0 Å². The molecule has 1 aliphatic heterocycles. The molecule has 0 bridgehead atoms. The molecular weight excluding hydrogens is 450 g/mol. The Labute approximate surface area is 187 Å². The van der Waals surface area contributed by atoms with Gasteiger partial charge in [0.1, 0.15) is 5.60 Å². The van der Waals surface area contributed by atoms with Crippen LogP contribution in [0.25, 0.3) is 0 Å². The van der Waals surface area contributed by atoms with Gasteiger partial charge in [0.15, 0.2) is 23.3 Å². The van der Waals surface area contributed by atoms with Gasteiger partial charge in [-0.25, -0.2) is 22.4 Å². The first-order chi connectivity index (χ1) is 15.0. The van der Waals surface area contributed by atoms with Crippen LogP contribution in [0.3, 0.4) is 0 Å². The van der Waals surface area contributed by atoms with Crippen molar-refractivity contribution in [3.05, 3.63) is 58.2 Å². The summed E-state index contributed by atoms with van der Waals surface area (Å²) >= 11 is 0.559. The molecule has 0 unspecified atom stereocenters. The smallest absolute Gasteiger partial charge is 0.415 e. The fourth-order valence-electron chi connectivity index (χ4n) is 3.38. The second-order valence-corrected chi connectivity index (χ2v) is 8.63. The number of hydrogen-bond donors (Lipinski definition) is 2. The van der Waals surface area contributed by atoms with Crippen LogP contribution < -0.4 is 9.62 Å². The number of hydrogen-bond acceptors (Lipinski definition) is 6. The van der Waals surface area contributed by atoms with Crippen LogP contribution in [-0.4, -0.2) is 22.3 Å². The van der Waals surface area contributed by atoms with E-state index in [0.29, 0.717) is 34.5 Å². The molecule has 0 fully saturated rings. The molecule has 0 aromatic heterocycles. The van der Waals surface area contributed by atoms with Crippen molar-refractivity contribution in [1.29, 1.82) is 0 Å². The minimum atomic E-state index is -1.56. The Hall–Kier alpha value is -2.50. The van der Waals surface area contributed by atoms with Crippen molar-refractivity contribution < 1.29 is 32.3 Å². The molecule has 0 aliphatic carbocycles. The molecule has 11 heteroatoms. The first-order valence-corrected chi connectivity index (χ1v) is 10.6. The number of benzene rings is 2. The van der Waals surface area contributed by atoms with Crippen LogP contribution in [0.2, 0.25) is 0 Å². The summed E-state index contributed by atoms with van der Waals surface area (Å²) in [4.78, 5) is 13.8. The van der Waals surface area contributed by atoms with Crippen molar-refractivity contribution in [2.24, 2.45) is 0 Å². The Morgan fingerprint density at radius 1 is 1.16 bits per heavy atom. The molecule has 1 aliphatic rings. The molecule has 2 aromatic carbocycles. The number of nitrogens with one attached hydrogen (secondary N) is 1. The number of nitrogens with zero attached hydrogens (tertiary/aromatic N) is 2. The predicted octanol–water partition coefficient (Wildman–Crippen LogP) is 6.02. The molecule has 0 radical (unpaired) electrons. The zero-order chi connectivity index (χ0) is 23.8. The number of carbonyl (C=O) groups is 1. The van der Waals surface area contributed by atoms with E-state index < -0.39 is 52.6 Å². The highest BCUT2D eigenvalue weighted by Gasteiger charge is 2.38. The lowest BCUT2D eigenvalue weighted by Gasteiger charge is -2.38. The highest BCUT2D eigenvalue weighted by Crippen LogP contribution is 2.40. The molecule has 3 rings (SSSR count). The first-order valence-electron chi connectivity index (χ1n) is 9.83. The van der Waals surface area contributed by atoms with E-state index in [2.05, 4.69) is 4.72 Å². The fraction of sp³-hybridized carbons (Fsp3) is 0.381. The van der Waals surface area contributed by atoms with Crippen molar-refractivity contribution in [2.75, 3.05) is 16.2 Å². The van der Waals surface area contributed by atoms with Crippen molar-refractivity contribution in [1.82, 2.24) is 4.47 Å². The second kappa shape index (κ2) is 9.16. The van der Waals surface area contributed by atoms with Gasteiger partial charge in [-0.15, -0.1) is 4.47 Å². The number of fused-ring (bicyclic) bond motifs is 1. The van der Waals surface area contributed by atoms with Gasteiger partial charge in [-0.05, 0) is 45.4 Å². The van der Waals surface area contributed by atoms with Gasteiger partial charge in [0.05, 0.1) is 24.4 Å². The number of anilines is 2. The third-order valence-corrected chi connectivity index (χ3v) is 5.75. The number of rotatable bonds is 7. The van der Waals surface area contributed by atoms with Crippen molar-refractivity contribution >= 4 is 29.6 Å². The van der Waals surface area contributed by atoms with E-state index in [1.165, 1.54) is 4.90 Å². The van der Waals surface area contributed by atoms with E-state index in [1.54, 1.807) is 32.0 Å². The van der Waals surface area contributed by atoms with E-state index in [-0.39, 0.29) is 0 Å². The summed E-state index contributed by atoms with van der Waals surface area (Å²) in [6, 6.07) is 5.10. The average molecular weight is 473 g/mol. The maximum absolute atomic E-state index is 14.0. The van der Waals surface area contributed by atoms with Gasteiger partial charge in [0.25, 0.3) is 0 Å². The van der Waals surface area contributed by atoms with Crippen LogP contribution in [0.5, 0.6) is 0 Å². The number of halogens is 4. The molecule has 6 nitrogen and oxygen atoms in total. The van der Waals surface area contributed by atoms with Crippen LogP contribution in [0, 0.1) is 30.2 Å². The molecule has 2 aromatic rings. The number of ether oxygens (including phenoxy) is 1. The topological polar surface area (TPSA) is 65.0 Å². The molecule has 2 N–H and O–H groups in total. The standard InChI is InChI=1S/C21H23F4N3O3S/c1-5-8-27-15-7-6-12(9-14(15)21(3,4)31-20(27)29)26-32-28(30)10-13-18(24)16(22)11(2)17(23)19(13)25/h6-7,9,26,30H,5,8,10H2,1-4H3. The maximum atomic E-state index is 14.0. The highest BCUT2D eigenvalue weighted by molar-refractivity contribution is 7.98.